The van der Waals surface area contributed by atoms with Gasteiger partial charge in [-0.1, -0.05) is 13.8 Å². The summed E-state index contributed by atoms with van der Waals surface area (Å²) in [5, 5.41) is 8.91. The maximum Gasteiger partial charge on any atom is 0.351 e. The van der Waals surface area contributed by atoms with Gasteiger partial charge in [-0.25, -0.2) is 14.4 Å². The molecule has 2 aliphatic heterocycles. The van der Waals surface area contributed by atoms with Crippen LogP contribution in [0.4, 0.5) is 5.82 Å². The van der Waals surface area contributed by atoms with Crippen LogP contribution in [0.2, 0.25) is 0 Å². The molecule has 0 unspecified atom stereocenters. The zero-order chi connectivity index (χ0) is 22.5. The molecule has 1 aromatic heterocycles. The van der Waals surface area contributed by atoms with Crippen LogP contribution in [0.1, 0.15) is 32.9 Å². The van der Waals surface area contributed by atoms with Gasteiger partial charge in [-0.05, 0) is 18.9 Å². The molecule has 3 heterocycles. The molecule has 0 amide bonds. The van der Waals surface area contributed by atoms with E-state index in [1.54, 1.807) is 5.48 Å². The standard InChI is InChI=1S/C19H23N3O9/c1-3-10(4-2)18(25)28-9-11-15-16(31-14(24)6-5-13(23)30-15)17(29-11)22-8-7-12(21-27)20-19(22)26/h5-8,10-11,15-17,27H,3-4,9H2,1-2H3,(H,20,21,26)/b6-5-/t11-,15-,16-,17-/m1/s1. The fourth-order valence-corrected chi connectivity index (χ4v) is 3.39. The van der Waals surface area contributed by atoms with E-state index in [9.17, 15) is 19.2 Å². The van der Waals surface area contributed by atoms with Crippen molar-refractivity contribution < 1.29 is 38.5 Å². The number of carbonyl (C=O) groups is 3. The summed E-state index contributed by atoms with van der Waals surface area (Å²) < 4.78 is 22.9. The number of nitrogens with one attached hydrogen (secondary N) is 1. The van der Waals surface area contributed by atoms with Crippen molar-refractivity contribution in [2.24, 2.45) is 5.92 Å². The Morgan fingerprint density at radius 1 is 1.19 bits per heavy atom. The summed E-state index contributed by atoms with van der Waals surface area (Å²) in [5.74, 6) is -2.46. The summed E-state index contributed by atoms with van der Waals surface area (Å²) >= 11 is 0. The number of hydrogen-bond donors (Lipinski definition) is 2. The van der Waals surface area contributed by atoms with Crippen molar-refractivity contribution in [3.63, 3.8) is 0 Å². The lowest BCUT2D eigenvalue weighted by Crippen LogP contribution is -2.43. The fraction of sp³-hybridized carbons (Fsp3) is 0.526. The van der Waals surface area contributed by atoms with Gasteiger partial charge >= 0.3 is 23.6 Å². The van der Waals surface area contributed by atoms with Gasteiger partial charge in [-0.3, -0.25) is 20.0 Å². The molecule has 0 saturated carbocycles. The molecule has 1 fully saturated rings. The summed E-state index contributed by atoms with van der Waals surface area (Å²) in [6.45, 7) is 3.44. The molecule has 3 rings (SSSR count). The second-order valence-corrected chi connectivity index (χ2v) is 6.96. The number of carbonyl (C=O) groups excluding carboxylic acids is 3. The normalized spacial score (nSPS) is 26.3. The predicted molar refractivity (Wildman–Crippen MR) is 102 cm³/mol. The van der Waals surface area contributed by atoms with E-state index in [1.807, 2.05) is 13.8 Å². The maximum absolute atomic E-state index is 12.4. The first kappa shape index (κ1) is 22.4. The molecule has 12 heteroatoms. The number of esters is 3. The number of ether oxygens (including phenoxy) is 4. The molecule has 0 bridgehead atoms. The van der Waals surface area contributed by atoms with Crippen LogP contribution in [0.5, 0.6) is 0 Å². The first-order chi connectivity index (χ1) is 14.9. The van der Waals surface area contributed by atoms with E-state index in [-0.39, 0.29) is 18.3 Å². The van der Waals surface area contributed by atoms with Crippen LogP contribution in [0.15, 0.2) is 29.2 Å². The van der Waals surface area contributed by atoms with Gasteiger partial charge in [-0.2, -0.15) is 4.98 Å². The highest BCUT2D eigenvalue weighted by Gasteiger charge is 2.51. The average Bonchev–Trinajstić information content (AvgIpc) is 3.06. The first-order valence-corrected chi connectivity index (χ1v) is 9.78. The zero-order valence-electron chi connectivity index (χ0n) is 16.9. The predicted octanol–water partition coefficient (Wildman–Crippen LogP) is 0.315. The monoisotopic (exact) mass is 437 g/mol. The van der Waals surface area contributed by atoms with Gasteiger partial charge in [0.2, 0.25) is 0 Å². The Balaban J connectivity index is 1.89. The van der Waals surface area contributed by atoms with Gasteiger partial charge in [0.1, 0.15) is 12.7 Å². The zero-order valence-corrected chi connectivity index (χ0v) is 16.9. The minimum atomic E-state index is -1.21. The summed E-state index contributed by atoms with van der Waals surface area (Å²) in [6.07, 6.45) is -0.285. The van der Waals surface area contributed by atoms with Crippen molar-refractivity contribution in [1.29, 1.82) is 0 Å². The SMILES string of the molecule is CCC(CC)C(=O)OC[C@H]1O[C@@H](n2ccc(NO)nc2=O)[C@@H]2OC(=O)/C=C\C(=O)O[C@@H]21. The molecule has 12 nitrogen and oxygen atoms in total. The minimum absolute atomic E-state index is 0.101. The van der Waals surface area contributed by atoms with Crippen molar-refractivity contribution in [2.75, 3.05) is 12.1 Å². The van der Waals surface area contributed by atoms with Crippen molar-refractivity contribution in [1.82, 2.24) is 9.55 Å². The lowest BCUT2D eigenvalue weighted by Gasteiger charge is -2.25. The number of anilines is 1. The highest BCUT2D eigenvalue weighted by molar-refractivity contribution is 5.92. The van der Waals surface area contributed by atoms with Crippen LogP contribution >= 0.6 is 0 Å². The van der Waals surface area contributed by atoms with Crippen molar-refractivity contribution in [3.8, 4) is 0 Å². The van der Waals surface area contributed by atoms with Crippen molar-refractivity contribution >= 4 is 23.7 Å². The van der Waals surface area contributed by atoms with Crippen LogP contribution in [-0.4, -0.2) is 57.6 Å². The maximum atomic E-state index is 12.4. The Labute approximate surface area is 176 Å². The third kappa shape index (κ3) is 4.91. The summed E-state index contributed by atoms with van der Waals surface area (Å²) in [5.41, 5.74) is 0.928. The highest BCUT2D eigenvalue weighted by Crippen LogP contribution is 2.34. The van der Waals surface area contributed by atoms with Gasteiger partial charge in [0, 0.05) is 18.3 Å². The van der Waals surface area contributed by atoms with E-state index < -0.39 is 48.1 Å². The third-order valence-corrected chi connectivity index (χ3v) is 5.07. The van der Waals surface area contributed by atoms with E-state index in [0.29, 0.717) is 12.8 Å². The molecule has 1 aromatic rings. The molecule has 0 aliphatic carbocycles. The van der Waals surface area contributed by atoms with E-state index in [0.717, 1.165) is 16.7 Å². The third-order valence-electron chi connectivity index (χ3n) is 5.07. The smallest absolute Gasteiger partial charge is 0.351 e. The topological polar surface area (TPSA) is 155 Å². The molecule has 1 saturated heterocycles. The van der Waals surface area contributed by atoms with E-state index in [4.69, 9.17) is 24.2 Å². The minimum Gasteiger partial charge on any atom is -0.463 e. The second-order valence-electron chi connectivity index (χ2n) is 6.96. The van der Waals surface area contributed by atoms with E-state index in [2.05, 4.69) is 4.98 Å². The molecule has 0 aromatic carbocycles. The first-order valence-electron chi connectivity index (χ1n) is 9.78. The van der Waals surface area contributed by atoms with Crippen molar-refractivity contribution in [2.45, 2.75) is 51.2 Å². The van der Waals surface area contributed by atoms with Gasteiger partial charge in [0.05, 0.1) is 5.92 Å². The quantitative estimate of drug-likeness (QED) is 0.344. The highest BCUT2D eigenvalue weighted by atomic mass is 16.7. The lowest BCUT2D eigenvalue weighted by molar-refractivity contribution is -0.165. The summed E-state index contributed by atoms with van der Waals surface area (Å²) in [7, 11) is 0. The Bertz CT molecular complexity index is 924. The van der Waals surface area contributed by atoms with E-state index in [1.165, 1.54) is 12.3 Å². The van der Waals surface area contributed by atoms with Crippen LogP contribution in [0.3, 0.4) is 0 Å². The Morgan fingerprint density at radius 2 is 1.84 bits per heavy atom. The fourth-order valence-electron chi connectivity index (χ4n) is 3.39. The summed E-state index contributed by atoms with van der Waals surface area (Å²) in [4.78, 5) is 52.3. The van der Waals surface area contributed by atoms with Gasteiger partial charge < -0.3 is 18.9 Å². The molecule has 31 heavy (non-hydrogen) atoms. The van der Waals surface area contributed by atoms with Crippen molar-refractivity contribution in [3.05, 3.63) is 34.9 Å². The average molecular weight is 437 g/mol. The van der Waals surface area contributed by atoms with Crippen LogP contribution in [0, 0.1) is 5.92 Å². The Morgan fingerprint density at radius 3 is 2.42 bits per heavy atom. The molecule has 0 spiro atoms. The summed E-state index contributed by atoms with van der Waals surface area (Å²) in [6, 6.07) is 1.29. The van der Waals surface area contributed by atoms with E-state index >= 15 is 0 Å². The number of hydrogen-bond acceptors (Lipinski definition) is 11. The van der Waals surface area contributed by atoms with Gasteiger partial charge in [-0.15, -0.1) is 0 Å². The largest absolute Gasteiger partial charge is 0.463 e. The van der Waals surface area contributed by atoms with Crippen LogP contribution in [0.25, 0.3) is 0 Å². The Kier molecular flexibility index (Phi) is 7.02. The number of rotatable bonds is 7. The molecular weight excluding hydrogens is 414 g/mol. The Hall–Kier alpha value is -3.25. The molecule has 168 valence electrons. The molecular formula is C19H23N3O9. The molecule has 0 radical (unpaired) electrons. The van der Waals surface area contributed by atoms with Gasteiger partial charge in [0.25, 0.3) is 0 Å². The number of nitrogens with zero attached hydrogens (tertiary/aromatic N) is 2. The molecule has 2 N–H and O–H groups in total. The number of fused-ring (bicyclic) bond motifs is 1. The van der Waals surface area contributed by atoms with Crippen LogP contribution in [-0.2, 0) is 33.3 Å². The number of aromatic nitrogens is 2. The molecule has 2 aliphatic rings. The second kappa shape index (κ2) is 9.71. The molecule has 4 atom stereocenters. The van der Waals surface area contributed by atoms with Gasteiger partial charge in [0.15, 0.2) is 24.3 Å². The van der Waals surface area contributed by atoms with Crippen LogP contribution < -0.4 is 11.2 Å². The lowest BCUT2D eigenvalue weighted by atomic mass is 10.0.